The standard InChI is InChI=1S/C10H12ClN3/c1-7(2)9-5-14-10(12-6-13-14)3-8(9)4-11/h3,5-7H,4H2,1-2H3. The number of aromatic nitrogens is 3. The monoisotopic (exact) mass is 209 g/mol. The Morgan fingerprint density at radius 1 is 1.50 bits per heavy atom. The van der Waals surface area contributed by atoms with Gasteiger partial charge in [-0.25, -0.2) is 9.50 Å². The van der Waals surface area contributed by atoms with E-state index in [1.807, 2.05) is 12.3 Å². The lowest BCUT2D eigenvalue weighted by atomic mass is 10.0. The fraction of sp³-hybridized carbons (Fsp3) is 0.400. The van der Waals surface area contributed by atoms with Crippen LogP contribution in [0.15, 0.2) is 18.6 Å². The van der Waals surface area contributed by atoms with E-state index in [1.54, 1.807) is 10.8 Å². The highest BCUT2D eigenvalue weighted by Gasteiger charge is 2.08. The molecule has 2 rings (SSSR count). The average Bonchev–Trinajstić information content (AvgIpc) is 2.62. The van der Waals surface area contributed by atoms with Crippen molar-refractivity contribution in [1.29, 1.82) is 0 Å². The van der Waals surface area contributed by atoms with Gasteiger partial charge >= 0.3 is 0 Å². The molecule has 0 aliphatic heterocycles. The molecule has 74 valence electrons. The van der Waals surface area contributed by atoms with E-state index < -0.39 is 0 Å². The van der Waals surface area contributed by atoms with Gasteiger partial charge in [0, 0.05) is 12.1 Å². The normalized spacial score (nSPS) is 11.4. The van der Waals surface area contributed by atoms with Gasteiger partial charge < -0.3 is 0 Å². The Balaban J connectivity index is 2.66. The van der Waals surface area contributed by atoms with Gasteiger partial charge in [-0.15, -0.1) is 11.6 Å². The van der Waals surface area contributed by atoms with Crippen molar-refractivity contribution in [3.05, 3.63) is 29.7 Å². The van der Waals surface area contributed by atoms with Gasteiger partial charge in [-0.3, -0.25) is 0 Å². The molecule has 2 aromatic heterocycles. The van der Waals surface area contributed by atoms with E-state index in [4.69, 9.17) is 11.6 Å². The van der Waals surface area contributed by atoms with Gasteiger partial charge in [0.25, 0.3) is 0 Å². The molecule has 14 heavy (non-hydrogen) atoms. The molecule has 0 N–H and O–H groups in total. The van der Waals surface area contributed by atoms with Crippen LogP contribution in [-0.4, -0.2) is 14.6 Å². The van der Waals surface area contributed by atoms with Crippen LogP contribution in [0.5, 0.6) is 0 Å². The smallest absolute Gasteiger partial charge is 0.155 e. The molecule has 0 unspecified atom stereocenters. The molecule has 0 saturated heterocycles. The summed E-state index contributed by atoms with van der Waals surface area (Å²) < 4.78 is 1.78. The van der Waals surface area contributed by atoms with Crippen LogP contribution in [0.25, 0.3) is 5.65 Å². The van der Waals surface area contributed by atoms with Gasteiger partial charge in [-0.1, -0.05) is 13.8 Å². The largest absolute Gasteiger partial charge is 0.221 e. The molecular formula is C10H12ClN3. The van der Waals surface area contributed by atoms with E-state index in [9.17, 15) is 0 Å². The van der Waals surface area contributed by atoms with Crippen LogP contribution in [0.4, 0.5) is 0 Å². The molecular weight excluding hydrogens is 198 g/mol. The van der Waals surface area contributed by atoms with Crippen LogP contribution in [-0.2, 0) is 5.88 Å². The molecule has 2 heterocycles. The van der Waals surface area contributed by atoms with Crippen molar-refractivity contribution in [3.8, 4) is 0 Å². The molecule has 0 radical (unpaired) electrons. The number of halogens is 1. The number of rotatable bonds is 2. The minimum absolute atomic E-state index is 0.456. The fourth-order valence-electron chi connectivity index (χ4n) is 1.55. The third-order valence-corrected chi connectivity index (χ3v) is 2.59. The van der Waals surface area contributed by atoms with Gasteiger partial charge in [0.2, 0.25) is 0 Å². The van der Waals surface area contributed by atoms with E-state index >= 15 is 0 Å². The predicted octanol–water partition coefficient (Wildman–Crippen LogP) is 2.59. The van der Waals surface area contributed by atoms with Gasteiger partial charge in [0.1, 0.15) is 6.33 Å². The molecule has 0 spiro atoms. The van der Waals surface area contributed by atoms with Crippen LogP contribution in [0, 0.1) is 0 Å². The number of hydrogen-bond acceptors (Lipinski definition) is 2. The predicted molar refractivity (Wildman–Crippen MR) is 56.6 cm³/mol. The van der Waals surface area contributed by atoms with Crippen molar-refractivity contribution < 1.29 is 0 Å². The molecule has 3 nitrogen and oxygen atoms in total. The van der Waals surface area contributed by atoms with E-state index in [1.165, 1.54) is 5.56 Å². The number of hydrogen-bond donors (Lipinski definition) is 0. The average molecular weight is 210 g/mol. The summed E-state index contributed by atoms with van der Waals surface area (Å²) in [5.74, 6) is 0.981. The topological polar surface area (TPSA) is 30.2 Å². The van der Waals surface area contributed by atoms with Crippen molar-refractivity contribution >= 4 is 17.2 Å². The first kappa shape index (κ1) is 9.46. The van der Waals surface area contributed by atoms with Gasteiger partial charge in [0.05, 0.1) is 0 Å². The Morgan fingerprint density at radius 3 is 2.93 bits per heavy atom. The molecule has 0 fully saturated rings. The fourth-order valence-corrected chi connectivity index (χ4v) is 1.78. The van der Waals surface area contributed by atoms with Gasteiger partial charge in [0.15, 0.2) is 5.65 Å². The molecule has 4 heteroatoms. The first-order valence-corrected chi connectivity index (χ1v) is 5.14. The second-order valence-corrected chi connectivity index (χ2v) is 3.87. The second kappa shape index (κ2) is 3.58. The Kier molecular flexibility index (Phi) is 2.42. The Morgan fingerprint density at radius 2 is 2.29 bits per heavy atom. The van der Waals surface area contributed by atoms with Gasteiger partial charge in [-0.05, 0) is 23.1 Å². The molecule has 0 saturated carbocycles. The van der Waals surface area contributed by atoms with Gasteiger partial charge in [-0.2, -0.15) is 5.10 Å². The second-order valence-electron chi connectivity index (χ2n) is 3.61. The summed E-state index contributed by atoms with van der Waals surface area (Å²) in [7, 11) is 0. The number of alkyl halides is 1. The van der Waals surface area contributed by atoms with E-state index in [-0.39, 0.29) is 0 Å². The summed E-state index contributed by atoms with van der Waals surface area (Å²) in [6, 6.07) is 2.00. The summed E-state index contributed by atoms with van der Waals surface area (Å²) in [6.07, 6.45) is 3.56. The molecule has 0 atom stereocenters. The van der Waals surface area contributed by atoms with Crippen LogP contribution < -0.4 is 0 Å². The first-order chi connectivity index (χ1) is 6.72. The third-order valence-electron chi connectivity index (χ3n) is 2.30. The Labute approximate surface area is 87.7 Å². The Hall–Kier alpha value is -1.09. The summed E-state index contributed by atoms with van der Waals surface area (Å²) in [5, 5.41) is 4.10. The maximum Gasteiger partial charge on any atom is 0.155 e. The SMILES string of the molecule is CC(C)c1cn2ncnc2cc1CCl. The quantitative estimate of drug-likeness (QED) is 0.712. The lowest BCUT2D eigenvalue weighted by Crippen LogP contribution is -1.99. The summed E-state index contributed by atoms with van der Waals surface area (Å²) in [4.78, 5) is 4.12. The maximum absolute atomic E-state index is 5.89. The summed E-state index contributed by atoms with van der Waals surface area (Å²) in [6.45, 7) is 4.29. The third kappa shape index (κ3) is 1.48. The summed E-state index contributed by atoms with van der Waals surface area (Å²) in [5.41, 5.74) is 3.23. The molecule has 0 aliphatic carbocycles. The lowest BCUT2D eigenvalue weighted by Gasteiger charge is -2.10. The zero-order chi connectivity index (χ0) is 10.1. The van der Waals surface area contributed by atoms with E-state index in [0.29, 0.717) is 11.8 Å². The minimum Gasteiger partial charge on any atom is -0.221 e. The van der Waals surface area contributed by atoms with E-state index in [0.717, 1.165) is 11.2 Å². The number of fused-ring (bicyclic) bond motifs is 1. The highest BCUT2D eigenvalue weighted by Crippen LogP contribution is 2.21. The Bertz CT molecular complexity index is 448. The van der Waals surface area contributed by atoms with Crippen molar-refractivity contribution in [2.45, 2.75) is 25.6 Å². The minimum atomic E-state index is 0.456. The zero-order valence-electron chi connectivity index (χ0n) is 8.24. The lowest BCUT2D eigenvalue weighted by molar-refractivity contribution is 0.823. The van der Waals surface area contributed by atoms with Crippen LogP contribution >= 0.6 is 11.6 Å². The van der Waals surface area contributed by atoms with Crippen LogP contribution in [0.2, 0.25) is 0 Å². The molecule has 0 aromatic carbocycles. The van der Waals surface area contributed by atoms with Crippen molar-refractivity contribution in [2.75, 3.05) is 0 Å². The van der Waals surface area contributed by atoms with Crippen molar-refractivity contribution in [1.82, 2.24) is 14.6 Å². The van der Waals surface area contributed by atoms with E-state index in [2.05, 4.69) is 23.9 Å². The molecule has 0 bridgehead atoms. The van der Waals surface area contributed by atoms with Crippen molar-refractivity contribution in [3.63, 3.8) is 0 Å². The summed E-state index contributed by atoms with van der Waals surface area (Å²) >= 11 is 5.89. The first-order valence-electron chi connectivity index (χ1n) is 4.60. The number of nitrogens with zero attached hydrogens (tertiary/aromatic N) is 3. The zero-order valence-corrected chi connectivity index (χ0v) is 8.99. The van der Waals surface area contributed by atoms with Crippen LogP contribution in [0.1, 0.15) is 30.9 Å². The maximum atomic E-state index is 5.89. The molecule has 0 amide bonds. The van der Waals surface area contributed by atoms with Crippen LogP contribution in [0.3, 0.4) is 0 Å². The molecule has 2 aromatic rings. The highest BCUT2D eigenvalue weighted by molar-refractivity contribution is 6.17. The highest BCUT2D eigenvalue weighted by atomic mass is 35.5. The molecule has 0 aliphatic rings. The van der Waals surface area contributed by atoms with Crippen molar-refractivity contribution in [2.24, 2.45) is 0 Å². The number of pyridine rings is 1.